The number of methoxy groups -OCH3 is 1. The Hall–Kier alpha value is -2.62. The molecule has 1 atom stereocenters. The molecule has 0 aliphatic carbocycles. The molecule has 0 N–H and O–H groups in total. The maximum Gasteiger partial charge on any atom is 0.338 e. The van der Waals surface area contributed by atoms with Gasteiger partial charge in [0.05, 0.1) is 18.6 Å². The van der Waals surface area contributed by atoms with Crippen LogP contribution < -0.4 is 0 Å². The van der Waals surface area contributed by atoms with Crippen LogP contribution in [0.3, 0.4) is 0 Å². The Morgan fingerprint density at radius 1 is 1.05 bits per heavy atom. The highest BCUT2D eigenvalue weighted by Crippen LogP contribution is 2.18. The van der Waals surface area contributed by atoms with Crippen LogP contribution in [0.2, 0.25) is 0 Å². The highest BCUT2D eigenvalue weighted by molar-refractivity contribution is 5.90. The first kappa shape index (κ1) is 15.8. The largest absolute Gasteiger partial charge is 0.469 e. The molecule has 0 radical (unpaired) electrons. The van der Waals surface area contributed by atoms with Gasteiger partial charge in [-0.25, -0.2) is 4.79 Å². The lowest BCUT2D eigenvalue weighted by molar-refractivity contribution is -0.142. The van der Waals surface area contributed by atoms with E-state index in [4.69, 9.17) is 9.47 Å². The van der Waals surface area contributed by atoms with Crippen molar-refractivity contribution < 1.29 is 19.1 Å². The number of carbonyl (C=O) groups excluding carboxylic acids is 2. The van der Waals surface area contributed by atoms with Crippen LogP contribution in [0.25, 0.3) is 0 Å². The second-order valence-electron chi connectivity index (χ2n) is 4.93. The predicted octanol–water partition coefficient (Wildman–Crippen LogP) is 3.32. The summed E-state index contributed by atoms with van der Waals surface area (Å²) >= 11 is 0. The number of carbonyl (C=O) groups is 2. The highest BCUT2D eigenvalue weighted by atomic mass is 16.5. The topological polar surface area (TPSA) is 52.6 Å². The number of rotatable bonds is 5. The fourth-order valence-electron chi connectivity index (χ4n) is 2.05. The van der Waals surface area contributed by atoms with Crippen LogP contribution in [-0.2, 0) is 20.9 Å². The molecular weight excluding hydrogens is 280 g/mol. The fourth-order valence-corrected chi connectivity index (χ4v) is 2.05. The first-order chi connectivity index (χ1) is 10.6. The molecule has 0 saturated heterocycles. The summed E-state index contributed by atoms with van der Waals surface area (Å²) in [5.74, 6) is -1.18. The lowest BCUT2D eigenvalue weighted by atomic mass is 9.99. The quantitative estimate of drug-likeness (QED) is 0.795. The molecule has 2 rings (SSSR count). The molecule has 4 heteroatoms. The molecule has 0 aromatic heterocycles. The smallest absolute Gasteiger partial charge is 0.338 e. The highest BCUT2D eigenvalue weighted by Gasteiger charge is 2.17. The monoisotopic (exact) mass is 298 g/mol. The fraction of sp³-hybridized carbons (Fsp3) is 0.222. The maximum absolute atomic E-state index is 12.1. The Morgan fingerprint density at radius 3 is 2.45 bits per heavy atom. The van der Waals surface area contributed by atoms with Crippen molar-refractivity contribution in [3.05, 3.63) is 71.3 Å². The normalized spacial score (nSPS) is 11.5. The lowest BCUT2D eigenvalue weighted by Crippen LogP contribution is -2.12. The van der Waals surface area contributed by atoms with Crippen molar-refractivity contribution in [2.45, 2.75) is 19.4 Å². The van der Waals surface area contributed by atoms with Gasteiger partial charge in [0, 0.05) is 0 Å². The molecule has 114 valence electrons. The summed E-state index contributed by atoms with van der Waals surface area (Å²) in [7, 11) is 1.34. The van der Waals surface area contributed by atoms with Gasteiger partial charge in [-0.1, -0.05) is 42.5 Å². The van der Waals surface area contributed by atoms with E-state index in [0.29, 0.717) is 5.56 Å². The molecule has 2 aromatic carbocycles. The standard InChI is InChI=1S/C18H18O4/c1-13(17(19)21-2)15-9-6-10-16(11-15)18(20)22-12-14-7-4-3-5-8-14/h3-11,13H,12H2,1-2H3. The first-order valence-corrected chi connectivity index (χ1v) is 7.00. The third-order valence-corrected chi connectivity index (χ3v) is 3.39. The second-order valence-corrected chi connectivity index (χ2v) is 4.93. The minimum absolute atomic E-state index is 0.219. The average Bonchev–Trinajstić information content (AvgIpc) is 2.59. The minimum atomic E-state index is -0.424. The van der Waals surface area contributed by atoms with Gasteiger partial charge in [0.2, 0.25) is 0 Å². The number of ether oxygens (including phenoxy) is 2. The van der Waals surface area contributed by atoms with E-state index >= 15 is 0 Å². The molecule has 0 aliphatic rings. The number of hydrogen-bond donors (Lipinski definition) is 0. The zero-order valence-corrected chi connectivity index (χ0v) is 12.6. The summed E-state index contributed by atoms with van der Waals surface area (Å²) in [5, 5.41) is 0. The average molecular weight is 298 g/mol. The van der Waals surface area contributed by atoms with Crippen molar-refractivity contribution in [3.8, 4) is 0 Å². The molecule has 1 unspecified atom stereocenters. The first-order valence-electron chi connectivity index (χ1n) is 7.00. The number of hydrogen-bond acceptors (Lipinski definition) is 4. The van der Waals surface area contributed by atoms with Crippen molar-refractivity contribution in [3.63, 3.8) is 0 Å². The van der Waals surface area contributed by atoms with Crippen molar-refractivity contribution in [2.24, 2.45) is 0 Å². The van der Waals surface area contributed by atoms with Crippen molar-refractivity contribution >= 4 is 11.9 Å². The van der Waals surface area contributed by atoms with Crippen molar-refractivity contribution in [1.82, 2.24) is 0 Å². The molecule has 2 aromatic rings. The number of esters is 2. The minimum Gasteiger partial charge on any atom is -0.469 e. The van der Waals surface area contributed by atoms with E-state index in [-0.39, 0.29) is 12.6 Å². The number of benzene rings is 2. The summed E-state index contributed by atoms with van der Waals surface area (Å²) in [5.41, 5.74) is 2.07. The van der Waals surface area contributed by atoms with E-state index in [1.807, 2.05) is 30.3 Å². The zero-order chi connectivity index (χ0) is 15.9. The van der Waals surface area contributed by atoms with Crippen LogP contribution in [0, 0.1) is 0 Å². The van der Waals surface area contributed by atoms with Crippen LogP contribution in [0.5, 0.6) is 0 Å². The van der Waals surface area contributed by atoms with Gasteiger partial charge in [0.15, 0.2) is 0 Å². The van der Waals surface area contributed by atoms with Crippen LogP contribution in [-0.4, -0.2) is 19.0 Å². The summed E-state index contributed by atoms with van der Waals surface area (Å²) in [6, 6.07) is 16.3. The van der Waals surface area contributed by atoms with E-state index in [9.17, 15) is 9.59 Å². The summed E-state index contributed by atoms with van der Waals surface area (Å²) in [6.45, 7) is 1.96. The van der Waals surface area contributed by atoms with Gasteiger partial charge in [-0.2, -0.15) is 0 Å². The Labute approximate surface area is 129 Å². The third kappa shape index (κ3) is 3.95. The van der Waals surface area contributed by atoms with E-state index in [0.717, 1.165) is 11.1 Å². The Balaban J connectivity index is 2.05. The molecule has 22 heavy (non-hydrogen) atoms. The van der Waals surface area contributed by atoms with Gasteiger partial charge in [-0.15, -0.1) is 0 Å². The Kier molecular flexibility index (Phi) is 5.31. The summed E-state index contributed by atoms with van der Waals surface area (Å²) in [6.07, 6.45) is 0. The van der Waals surface area contributed by atoms with E-state index < -0.39 is 11.9 Å². The van der Waals surface area contributed by atoms with Gasteiger partial charge < -0.3 is 9.47 Å². The van der Waals surface area contributed by atoms with Gasteiger partial charge in [-0.3, -0.25) is 4.79 Å². The van der Waals surface area contributed by atoms with Crippen molar-refractivity contribution in [2.75, 3.05) is 7.11 Å². The van der Waals surface area contributed by atoms with Crippen LogP contribution in [0.1, 0.15) is 34.3 Å². The molecule has 0 bridgehead atoms. The van der Waals surface area contributed by atoms with E-state index in [2.05, 4.69) is 0 Å². The van der Waals surface area contributed by atoms with Crippen LogP contribution in [0.4, 0.5) is 0 Å². The third-order valence-electron chi connectivity index (χ3n) is 3.39. The van der Waals surface area contributed by atoms with Gasteiger partial charge in [0.1, 0.15) is 6.61 Å². The molecular formula is C18H18O4. The Bertz CT molecular complexity index is 649. The van der Waals surface area contributed by atoms with Crippen molar-refractivity contribution in [1.29, 1.82) is 0 Å². The summed E-state index contributed by atoms with van der Waals surface area (Å²) in [4.78, 5) is 23.7. The van der Waals surface area contributed by atoms with Gasteiger partial charge >= 0.3 is 11.9 Å². The molecule has 0 spiro atoms. The molecule has 0 heterocycles. The maximum atomic E-state index is 12.1. The van der Waals surface area contributed by atoms with Gasteiger partial charge in [0.25, 0.3) is 0 Å². The van der Waals surface area contributed by atoms with E-state index in [1.54, 1.807) is 31.2 Å². The second kappa shape index (κ2) is 7.41. The van der Waals surface area contributed by atoms with Crippen LogP contribution >= 0.6 is 0 Å². The molecule has 0 aliphatic heterocycles. The molecule has 4 nitrogen and oxygen atoms in total. The zero-order valence-electron chi connectivity index (χ0n) is 12.6. The molecule has 0 fully saturated rings. The lowest BCUT2D eigenvalue weighted by Gasteiger charge is -2.11. The predicted molar refractivity (Wildman–Crippen MR) is 82.4 cm³/mol. The SMILES string of the molecule is COC(=O)C(C)c1cccc(C(=O)OCc2ccccc2)c1. The van der Waals surface area contributed by atoms with Crippen LogP contribution in [0.15, 0.2) is 54.6 Å². The molecule has 0 amide bonds. The summed E-state index contributed by atoms with van der Waals surface area (Å²) < 4.78 is 10.00. The Morgan fingerprint density at radius 2 is 1.77 bits per heavy atom. The molecule has 0 saturated carbocycles. The van der Waals surface area contributed by atoms with Gasteiger partial charge in [-0.05, 0) is 30.2 Å². The van der Waals surface area contributed by atoms with E-state index in [1.165, 1.54) is 7.11 Å².